The first kappa shape index (κ1) is 14.3. The van der Waals surface area contributed by atoms with Crippen LogP contribution >= 0.6 is 0 Å². The van der Waals surface area contributed by atoms with Gasteiger partial charge in [0.05, 0.1) is 0 Å². The summed E-state index contributed by atoms with van der Waals surface area (Å²) in [5, 5.41) is 3.16. The number of rotatable bonds is 5. The van der Waals surface area contributed by atoms with Gasteiger partial charge < -0.3 is 10.2 Å². The molecule has 2 aromatic rings. The number of aryl methyl sites for hydroxylation is 1. The zero-order chi connectivity index (χ0) is 14.5. The zero-order valence-corrected chi connectivity index (χ0v) is 12.6. The first-order valence-electron chi connectivity index (χ1n) is 7.00. The van der Waals surface area contributed by atoms with Crippen LogP contribution in [0.15, 0.2) is 30.6 Å². The molecule has 0 amide bonds. The Balaban J connectivity index is 2.49. The van der Waals surface area contributed by atoms with Crippen molar-refractivity contribution in [1.82, 2.24) is 9.97 Å². The minimum absolute atomic E-state index is 0.914. The highest BCUT2D eigenvalue weighted by Crippen LogP contribution is 2.30. The van der Waals surface area contributed by atoms with Crippen LogP contribution in [0.25, 0.3) is 0 Å². The fourth-order valence-electron chi connectivity index (χ4n) is 2.44. The number of benzene rings is 1. The first-order chi connectivity index (χ1) is 9.69. The lowest BCUT2D eigenvalue weighted by Gasteiger charge is -2.23. The Labute approximate surface area is 120 Å². The van der Waals surface area contributed by atoms with Crippen molar-refractivity contribution in [2.75, 3.05) is 24.3 Å². The molecule has 0 aliphatic rings. The minimum atomic E-state index is 0.914. The molecule has 1 aromatic carbocycles. The van der Waals surface area contributed by atoms with E-state index in [4.69, 9.17) is 0 Å². The molecule has 0 unspecified atom stereocenters. The molecular formula is C16H22N4. The third kappa shape index (κ3) is 2.74. The summed E-state index contributed by atoms with van der Waals surface area (Å²) in [6, 6.07) is 8.34. The van der Waals surface area contributed by atoms with Crippen LogP contribution in [0.3, 0.4) is 0 Å². The fraction of sp³-hybridized carbons (Fsp3) is 0.375. The van der Waals surface area contributed by atoms with Gasteiger partial charge in [0.15, 0.2) is 0 Å². The molecule has 106 valence electrons. The standard InChI is InChI=1S/C16H22N4/c1-5-8-13-15(17-3)18-11-19-16(13)20(4)14-10-7-6-9-12(14)2/h6-7,9-11H,5,8H2,1-4H3,(H,17,18,19). The number of nitrogens with zero attached hydrogens (tertiary/aromatic N) is 3. The lowest BCUT2D eigenvalue weighted by molar-refractivity contribution is 0.893. The Kier molecular flexibility index (Phi) is 4.56. The molecule has 0 fully saturated rings. The van der Waals surface area contributed by atoms with E-state index < -0.39 is 0 Å². The second kappa shape index (κ2) is 6.37. The van der Waals surface area contributed by atoms with E-state index in [1.54, 1.807) is 6.33 Å². The Bertz CT molecular complexity index is 580. The summed E-state index contributed by atoms with van der Waals surface area (Å²) in [5.41, 5.74) is 3.58. The third-order valence-corrected chi connectivity index (χ3v) is 3.45. The highest BCUT2D eigenvalue weighted by atomic mass is 15.2. The molecule has 4 nitrogen and oxygen atoms in total. The number of anilines is 3. The lowest BCUT2D eigenvalue weighted by atomic mass is 10.1. The van der Waals surface area contributed by atoms with E-state index in [1.165, 1.54) is 16.8 Å². The van der Waals surface area contributed by atoms with Crippen molar-refractivity contribution < 1.29 is 0 Å². The normalized spacial score (nSPS) is 10.4. The van der Waals surface area contributed by atoms with Crippen LogP contribution in [0.5, 0.6) is 0 Å². The highest BCUT2D eigenvalue weighted by molar-refractivity contribution is 5.68. The highest BCUT2D eigenvalue weighted by Gasteiger charge is 2.15. The SMILES string of the molecule is CCCc1c(NC)ncnc1N(C)c1ccccc1C. The van der Waals surface area contributed by atoms with Crippen LogP contribution in [0.4, 0.5) is 17.3 Å². The molecule has 1 heterocycles. The number of aromatic nitrogens is 2. The minimum Gasteiger partial charge on any atom is -0.373 e. The number of hydrogen-bond donors (Lipinski definition) is 1. The van der Waals surface area contributed by atoms with Crippen molar-refractivity contribution in [3.05, 3.63) is 41.7 Å². The van der Waals surface area contributed by atoms with Gasteiger partial charge in [0.2, 0.25) is 0 Å². The smallest absolute Gasteiger partial charge is 0.141 e. The lowest BCUT2D eigenvalue weighted by Crippen LogP contribution is -2.16. The topological polar surface area (TPSA) is 41.1 Å². The molecule has 1 N–H and O–H groups in total. The Morgan fingerprint density at radius 3 is 2.60 bits per heavy atom. The van der Waals surface area contributed by atoms with Gasteiger partial charge >= 0.3 is 0 Å². The molecule has 0 saturated carbocycles. The number of para-hydroxylation sites is 1. The van der Waals surface area contributed by atoms with Gasteiger partial charge in [-0.2, -0.15) is 0 Å². The van der Waals surface area contributed by atoms with E-state index in [9.17, 15) is 0 Å². The summed E-state index contributed by atoms with van der Waals surface area (Å²) in [6.07, 6.45) is 3.65. The summed E-state index contributed by atoms with van der Waals surface area (Å²) >= 11 is 0. The van der Waals surface area contributed by atoms with Gasteiger partial charge in [0.25, 0.3) is 0 Å². The molecule has 0 bridgehead atoms. The van der Waals surface area contributed by atoms with E-state index in [0.29, 0.717) is 0 Å². The fourth-order valence-corrected chi connectivity index (χ4v) is 2.44. The Morgan fingerprint density at radius 1 is 1.20 bits per heavy atom. The molecule has 0 radical (unpaired) electrons. The summed E-state index contributed by atoms with van der Waals surface area (Å²) in [6.45, 7) is 4.29. The average molecular weight is 270 g/mol. The molecular weight excluding hydrogens is 248 g/mol. The van der Waals surface area contributed by atoms with Crippen molar-refractivity contribution >= 4 is 17.3 Å². The maximum absolute atomic E-state index is 4.50. The van der Waals surface area contributed by atoms with Crippen molar-refractivity contribution in [2.24, 2.45) is 0 Å². The predicted octanol–water partition coefficient (Wildman–Crippen LogP) is 3.55. The van der Waals surface area contributed by atoms with Crippen LogP contribution in [0, 0.1) is 6.92 Å². The van der Waals surface area contributed by atoms with Crippen molar-refractivity contribution in [1.29, 1.82) is 0 Å². The first-order valence-corrected chi connectivity index (χ1v) is 7.00. The Morgan fingerprint density at radius 2 is 1.95 bits per heavy atom. The molecule has 0 saturated heterocycles. The van der Waals surface area contributed by atoms with Crippen LogP contribution in [-0.2, 0) is 6.42 Å². The van der Waals surface area contributed by atoms with E-state index in [0.717, 1.165) is 24.5 Å². The van der Waals surface area contributed by atoms with E-state index in [2.05, 4.69) is 65.3 Å². The second-order valence-electron chi connectivity index (χ2n) is 4.87. The van der Waals surface area contributed by atoms with Gasteiger partial charge in [0, 0.05) is 25.3 Å². The molecule has 1 aromatic heterocycles. The maximum Gasteiger partial charge on any atom is 0.141 e. The van der Waals surface area contributed by atoms with E-state index in [-0.39, 0.29) is 0 Å². The van der Waals surface area contributed by atoms with Crippen molar-refractivity contribution in [3.63, 3.8) is 0 Å². The van der Waals surface area contributed by atoms with Gasteiger partial charge in [-0.1, -0.05) is 31.5 Å². The largest absolute Gasteiger partial charge is 0.373 e. The van der Waals surface area contributed by atoms with E-state index >= 15 is 0 Å². The van der Waals surface area contributed by atoms with Gasteiger partial charge in [-0.25, -0.2) is 9.97 Å². The molecule has 4 heteroatoms. The molecule has 20 heavy (non-hydrogen) atoms. The van der Waals surface area contributed by atoms with Crippen LogP contribution in [0.2, 0.25) is 0 Å². The summed E-state index contributed by atoms with van der Waals surface area (Å²) in [7, 11) is 3.96. The zero-order valence-electron chi connectivity index (χ0n) is 12.6. The van der Waals surface area contributed by atoms with E-state index in [1.807, 2.05) is 7.05 Å². The molecule has 0 spiro atoms. The van der Waals surface area contributed by atoms with Crippen LogP contribution in [0.1, 0.15) is 24.5 Å². The maximum atomic E-state index is 4.50. The van der Waals surface area contributed by atoms with Crippen molar-refractivity contribution in [2.45, 2.75) is 26.7 Å². The molecule has 2 rings (SSSR count). The number of nitrogens with one attached hydrogen (secondary N) is 1. The van der Waals surface area contributed by atoms with Crippen LogP contribution < -0.4 is 10.2 Å². The third-order valence-electron chi connectivity index (χ3n) is 3.45. The predicted molar refractivity (Wildman–Crippen MR) is 84.8 cm³/mol. The molecule has 0 aliphatic carbocycles. The average Bonchev–Trinajstić information content (AvgIpc) is 2.47. The summed E-state index contributed by atoms with van der Waals surface area (Å²) in [4.78, 5) is 11.0. The number of hydrogen-bond acceptors (Lipinski definition) is 4. The van der Waals surface area contributed by atoms with Crippen molar-refractivity contribution in [3.8, 4) is 0 Å². The molecule has 0 atom stereocenters. The summed E-state index contributed by atoms with van der Waals surface area (Å²) < 4.78 is 0. The summed E-state index contributed by atoms with van der Waals surface area (Å²) in [5.74, 6) is 1.89. The molecule has 0 aliphatic heterocycles. The van der Waals surface area contributed by atoms with Gasteiger partial charge in [0.1, 0.15) is 18.0 Å². The van der Waals surface area contributed by atoms with Gasteiger partial charge in [-0.15, -0.1) is 0 Å². The quantitative estimate of drug-likeness (QED) is 0.902. The van der Waals surface area contributed by atoms with Crippen LogP contribution in [-0.4, -0.2) is 24.1 Å². The van der Waals surface area contributed by atoms with Gasteiger partial charge in [-0.3, -0.25) is 0 Å². The second-order valence-corrected chi connectivity index (χ2v) is 4.87. The Hall–Kier alpha value is -2.10. The monoisotopic (exact) mass is 270 g/mol. The van der Waals surface area contributed by atoms with Gasteiger partial charge in [-0.05, 0) is 25.0 Å².